The van der Waals surface area contributed by atoms with Gasteiger partial charge in [-0.2, -0.15) is 0 Å². The molecule has 1 saturated carbocycles. The van der Waals surface area contributed by atoms with Gasteiger partial charge in [-0.1, -0.05) is 42.6 Å². The molecule has 0 bridgehead atoms. The molecule has 60 valence electrons. The Bertz CT molecular complexity index is 103. The van der Waals surface area contributed by atoms with Gasteiger partial charge in [-0.05, 0) is 24.7 Å². The van der Waals surface area contributed by atoms with Gasteiger partial charge in [0.1, 0.15) is 0 Å². The maximum atomic E-state index is 3.69. The Hall–Kier alpha value is 0.480. The Morgan fingerprint density at radius 1 is 1.50 bits per heavy atom. The van der Waals surface area contributed by atoms with E-state index in [0.29, 0.717) is 0 Å². The van der Waals surface area contributed by atoms with Crippen LogP contribution in [0.25, 0.3) is 0 Å². The average molecular weight is 205 g/mol. The Morgan fingerprint density at radius 2 is 2.10 bits per heavy atom. The first kappa shape index (κ1) is 8.58. The zero-order chi connectivity index (χ0) is 7.61. The molecule has 0 aliphatic heterocycles. The third-order valence-electron chi connectivity index (χ3n) is 2.76. The highest BCUT2D eigenvalue weighted by molar-refractivity contribution is 9.09. The second kappa shape index (κ2) is 3.25. The largest absolute Gasteiger partial charge is 0.0888 e. The normalized spacial score (nSPS) is 24.3. The summed E-state index contributed by atoms with van der Waals surface area (Å²) in [5.41, 5.74) is 0.718. The fourth-order valence-electron chi connectivity index (χ4n) is 1.54. The van der Waals surface area contributed by atoms with Crippen molar-refractivity contribution >= 4 is 15.9 Å². The van der Waals surface area contributed by atoms with Crippen molar-refractivity contribution in [3.05, 3.63) is 0 Å². The molecule has 1 heteroatoms. The van der Waals surface area contributed by atoms with Gasteiger partial charge in [0.05, 0.1) is 0 Å². The van der Waals surface area contributed by atoms with E-state index >= 15 is 0 Å². The smallest absolute Gasteiger partial charge is 0.0173 e. The van der Waals surface area contributed by atoms with Gasteiger partial charge in [0.2, 0.25) is 0 Å². The highest BCUT2D eigenvalue weighted by Gasteiger charge is 2.45. The number of unbranched alkanes of at least 4 members (excludes halogenated alkanes) is 1. The van der Waals surface area contributed by atoms with Crippen LogP contribution >= 0.6 is 15.9 Å². The van der Waals surface area contributed by atoms with E-state index in [1.165, 1.54) is 32.1 Å². The molecule has 1 rings (SSSR count). The number of rotatable bonds is 4. The Labute approximate surface area is 72.5 Å². The molecule has 0 heterocycles. The van der Waals surface area contributed by atoms with Gasteiger partial charge in [-0.25, -0.2) is 0 Å². The van der Waals surface area contributed by atoms with Crippen LogP contribution in [0, 0.1) is 5.41 Å². The van der Waals surface area contributed by atoms with Gasteiger partial charge in [0.15, 0.2) is 0 Å². The Balaban J connectivity index is 2.24. The van der Waals surface area contributed by atoms with Gasteiger partial charge in [0, 0.05) is 4.83 Å². The summed E-state index contributed by atoms with van der Waals surface area (Å²) in [7, 11) is 0. The van der Waals surface area contributed by atoms with E-state index < -0.39 is 0 Å². The van der Waals surface area contributed by atoms with Crippen molar-refractivity contribution in [2.45, 2.75) is 50.8 Å². The minimum absolute atomic E-state index is 0.718. The highest BCUT2D eigenvalue weighted by atomic mass is 79.9. The van der Waals surface area contributed by atoms with Gasteiger partial charge in [0.25, 0.3) is 0 Å². The van der Waals surface area contributed by atoms with Crippen LogP contribution < -0.4 is 0 Å². The monoisotopic (exact) mass is 204 g/mol. The summed E-state index contributed by atoms with van der Waals surface area (Å²) in [4.78, 5) is 0.742. The van der Waals surface area contributed by atoms with Crippen LogP contribution in [-0.4, -0.2) is 4.83 Å². The van der Waals surface area contributed by atoms with E-state index in [1.807, 2.05) is 0 Å². The maximum absolute atomic E-state index is 3.69. The zero-order valence-electron chi connectivity index (χ0n) is 6.99. The summed E-state index contributed by atoms with van der Waals surface area (Å²) < 4.78 is 0. The van der Waals surface area contributed by atoms with Crippen molar-refractivity contribution in [3.8, 4) is 0 Å². The predicted octanol–water partition coefficient (Wildman–Crippen LogP) is 3.74. The van der Waals surface area contributed by atoms with Crippen molar-refractivity contribution in [3.63, 3.8) is 0 Å². The lowest BCUT2D eigenvalue weighted by Crippen LogP contribution is -2.11. The molecule has 1 aliphatic carbocycles. The third kappa shape index (κ3) is 1.75. The van der Waals surface area contributed by atoms with E-state index in [-0.39, 0.29) is 0 Å². The third-order valence-corrected chi connectivity index (χ3v) is 3.74. The minimum Gasteiger partial charge on any atom is -0.0888 e. The average Bonchev–Trinajstić information content (AvgIpc) is 2.64. The van der Waals surface area contributed by atoms with Crippen LogP contribution in [0.4, 0.5) is 0 Å². The molecule has 0 aromatic heterocycles. The van der Waals surface area contributed by atoms with Crippen LogP contribution in [0.5, 0.6) is 0 Å². The molecule has 0 radical (unpaired) electrons. The molecule has 0 aromatic rings. The first-order chi connectivity index (χ1) is 4.71. The van der Waals surface area contributed by atoms with E-state index in [0.717, 1.165) is 10.2 Å². The first-order valence-electron chi connectivity index (χ1n) is 4.35. The second-order valence-corrected chi connectivity index (χ2v) is 4.96. The number of hydrogen-bond donors (Lipinski definition) is 0. The SMILES string of the molecule is CCCCC1(C(C)Br)CC1. The van der Waals surface area contributed by atoms with Crippen LogP contribution in [0.3, 0.4) is 0 Å². The lowest BCUT2D eigenvalue weighted by molar-refractivity contribution is 0.447. The molecule has 0 spiro atoms. The van der Waals surface area contributed by atoms with Crippen LogP contribution in [0.2, 0.25) is 0 Å². The molecule has 0 aromatic carbocycles. The summed E-state index contributed by atoms with van der Waals surface area (Å²) in [6.45, 7) is 4.57. The fraction of sp³-hybridized carbons (Fsp3) is 1.00. The van der Waals surface area contributed by atoms with E-state index in [9.17, 15) is 0 Å². The molecule has 0 amide bonds. The van der Waals surface area contributed by atoms with Crippen molar-refractivity contribution in [1.29, 1.82) is 0 Å². The van der Waals surface area contributed by atoms with Crippen LogP contribution in [-0.2, 0) is 0 Å². The van der Waals surface area contributed by atoms with Crippen molar-refractivity contribution in [1.82, 2.24) is 0 Å². The molecule has 1 aliphatic rings. The van der Waals surface area contributed by atoms with Crippen molar-refractivity contribution in [2.75, 3.05) is 0 Å². The lowest BCUT2D eigenvalue weighted by atomic mass is 9.96. The van der Waals surface area contributed by atoms with Crippen LogP contribution in [0.1, 0.15) is 46.0 Å². The maximum Gasteiger partial charge on any atom is 0.0173 e. The predicted molar refractivity (Wildman–Crippen MR) is 49.6 cm³/mol. The van der Waals surface area contributed by atoms with Crippen molar-refractivity contribution in [2.24, 2.45) is 5.41 Å². The van der Waals surface area contributed by atoms with E-state index in [1.54, 1.807) is 0 Å². The van der Waals surface area contributed by atoms with Gasteiger partial charge < -0.3 is 0 Å². The highest BCUT2D eigenvalue weighted by Crippen LogP contribution is 2.55. The fourth-order valence-corrected chi connectivity index (χ4v) is 2.22. The molecule has 0 nitrogen and oxygen atoms in total. The first-order valence-corrected chi connectivity index (χ1v) is 5.27. The molecular weight excluding hydrogens is 188 g/mol. The summed E-state index contributed by atoms with van der Waals surface area (Å²) in [6, 6.07) is 0. The second-order valence-electron chi connectivity index (χ2n) is 3.58. The molecule has 1 unspecified atom stereocenters. The van der Waals surface area contributed by atoms with Gasteiger partial charge in [-0.3, -0.25) is 0 Å². The minimum atomic E-state index is 0.718. The number of alkyl halides is 1. The van der Waals surface area contributed by atoms with Crippen LogP contribution in [0.15, 0.2) is 0 Å². The lowest BCUT2D eigenvalue weighted by Gasteiger charge is -2.16. The summed E-state index contributed by atoms with van der Waals surface area (Å²) in [5, 5.41) is 0. The Morgan fingerprint density at radius 3 is 2.40 bits per heavy atom. The number of hydrogen-bond acceptors (Lipinski definition) is 0. The molecule has 0 saturated heterocycles. The zero-order valence-corrected chi connectivity index (χ0v) is 8.58. The number of halogens is 1. The molecule has 1 atom stereocenters. The van der Waals surface area contributed by atoms with E-state index in [4.69, 9.17) is 0 Å². The molecule has 10 heavy (non-hydrogen) atoms. The summed E-state index contributed by atoms with van der Waals surface area (Å²) in [6.07, 6.45) is 7.12. The van der Waals surface area contributed by atoms with E-state index in [2.05, 4.69) is 29.8 Å². The summed E-state index contributed by atoms with van der Waals surface area (Å²) in [5.74, 6) is 0. The summed E-state index contributed by atoms with van der Waals surface area (Å²) >= 11 is 3.69. The van der Waals surface area contributed by atoms with Crippen molar-refractivity contribution < 1.29 is 0 Å². The standard InChI is InChI=1S/C9H17Br/c1-3-4-5-9(6-7-9)8(2)10/h8H,3-7H2,1-2H3. The topological polar surface area (TPSA) is 0 Å². The molecule has 1 fully saturated rings. The molecular formula is C9H17Br. The quantitative estimate of drug-likeness (QED) is 0.613. The Kier molecular flexibility index (Phi) is 2.79. The molecule has 0 N–H and O–H groups in total. The van der Waals surface area contributed by atoms with Gasteiger partial charge in [-0.15, -0.1) is 0 Å². The van der Waals surface area contributed by atoms with Gasteiger partial charge >= 0.3 is 0 Å².